The third kappa shape index (κ3) is 3.68. The number of aryl methyl sites for hydroxylation is 2. The zero-order valence-electron chi connectivity index (χ0n) is 16.6. The van der Waals surface area contributed by atoms with Crippen LogP contribution in [-0.2, 0) is 16.4 Å². The van der Waals surface area contributed by atoms with E-state index in [0.29, 0.717) is 24.3 Å². The quantitative estimate of drug-likeness (QED) is 0.623. The van der Waals surface area contributed by atoms with E-state index in [9.17, 15) is 13.2 Å². The molecule has 0 fully saturated rings. The van der Waals surface area contributed by atoms with Gasteiger partial charge in [-0.1, -0.05) is 41.9 Å². The van der Waals surface area contributed by atoms with Gasteiger partial charge in [0.2, 0.25) is 0 Å². The van der Waals surface area contributed by atoms with Crippen molar-refractivity contribution in [3.05, 3.63) is 87.9 Å². The van der Waals surface area contributed by atoms with Gasteiger partial charge in [-0.15, -0.1) is 0 Å². The number of anilines is 2. The number of benzene rings is 3. The van der Waals surface area contributed by atoms with Gasteiger partial charge in [0.1, 0.15) is 4.90 Å². The molecule has 3 aromatic rings. The molecule has 1 aliphatic heterocycles. The van der Waals surface area contributed by atoms with Crippen molar-refractivity contribution in [1.82, 2.24) is 0 Å². The van der Waals surface area contributed by atoms with Gasteiger partial charge in [0.25, 0.3) is 15.9 Å². The average Bonchev–Trinajstić information content (AvgIpc) is 3.16. The maximum atomic E-state index is 13.4. The van der Waals surface area contributed by atoms with Crippen LogP contribution in [0.15, 0.2) is 65.6 Å². The number of amides is 1. The molecule has 1 aliphatic rings. The summed E-state index contributed by atoms with van der Waals surface area (Å²) >= 11 is 6.26. The lowest BCUT2D eigenvalue weighted by molar-refractivity contribution is 0.102. The maximum absolute atomic E-state index is 13.4. The topological polar surface area (TPSA) is 66.5 Å². The predicted octanol–water partition coefficient (Wildman–Crippen LogP) is 4.96. The lowest BCUT2D eigenvalue weighted by Gasteiger charge is -2.20. The molecule has 0 radical (unpaired) electrons. The number of carbonyl (C=O) groups excluding carboxylic acids is 1. The standard InChI is InChI=1S/C23H21ClN2O3S/c1-15-7-8-16(2)20(13-15)25-23(27)18-9-10-19(24)22(14-18)30(28,29)26-12-11-17-5-3-4-6-21(17)26/h3-10,13-14H,11-12H2,1-2H3,(H,25,27). The van der Waals surface area contributed by atoms with Gasteiger partial charge in [-0.3, -0.25) is 9.10 Å². The van der Waals surface area contributed by atoms with E-state index in [-0.39, 0.29) is 15.5 Å². The highest BCUT2D eigenvalue weighted by Gasteiger charge is 2.32. The first-order valence-corrected chi connectivity index (χ1v) is 11.4. The minimum Gasteiger partial charge on any atom is -0.322 e. The summed E-state index contributed by atoms with van der Waals surface area (Å²) < 4.78 is 28.1. The van der Waals surface area contributed by atoms with Gasteiger partial charge in [0.15, 0.2) is 0 Å². The third-order valence-electron chi connectivity index (χ3n) is 5.25. The molecule has 1 heterocycles. The Bertz CT molecular complexity index is 1260. The van der Waals surface area contributed by atoms with Crippen molar-refractivity contribution < 1.29 is 13.2 Å². The highest BCUT2D eigenvalue weighted by molar-refractivity contribution is 7.93. The van der Waals surface area contributed by atoms with Crippen molar-refractivity contribution in [3.8, 4) is 0 Å². The average molecular weight is 441 g/mol. The van der Waals surface area contributed by atoms with Crippen molar-refractivity contribution in [2.45, 2.75) is 25.2 Å². The van der Waals surface area contributed by atoms with E-state index in [1.54, 1.807) is 6.07 Å². The van der Waals surface area contributed by atoms with Gasteiger partial charge >= 0.3 is 0 Å². The van der Waals surface area contributed by atoms with Crippen molar-refractivity contribution in [2.75, 3.05) is 16.2 Å². The minimum atomic E-state index is -3.91. The lowest BCUT2D eigenvalue weighted by atomic mass is 10.1. The maximum Gasteiger partial charge on any atom is 0.265 e. The minimum absolute atomic E-state index is 0.0746. The van der Waals surface area contributed by atoms with Crippen molar-refractivity contribution in [3.63, 3.8) is 0 Å². The number of hydrogen-bond donors (Lipinski definition) is 1. The number of nitrogens with zero attached hydrogens (tertiary/aromatic N) is 1. The summed E-state index contributed by atoms with van der Waals surface area (Å²) in [6.07, 6.45) is 0.639. The summed E-state index contributed by atoms with van der Waals surface area (Å²) in [4.78, 5) is 12.8. The molecule has 5 nitrogen and oxygen atoms in total. The second-order valence-corrected chi connectivity index (χ2v) is 9.61. The van der Waals surface area contributed by atoms with Crippen LogP contribution in [0.25, 0.3) is 0 Å². The first-order chi connectivity index (χ1) is 14.3. The Labute approximate surface area is 181 Å². The van der Waals surface area contributed by atoms with Crippen molar-refractivity contribution in [1.29, 1.82) is 0 Å². The van der Waals surface area contributed by atoms with Crippen LogP contribution < -0.4 is 9.62 Å². The number of rotatable bonds is 4. The zero-order chi connectivity index (χ0) is 21.5. The largest absolute Gasteiger partial charge is 0.322 e. The number of fused-ring (bicyclic) bond motifs is 1. The van der Waals surface area contributed by atoms with E-state index in [4.69, 9.17) is 11.6 Å². The molecule has 1 amide bonds. The number of para-hydroxylation sites is 1. The Morgan fingerprint density at radius 3 is 2.60 bits per heavy atom. The smallest absolute Gasteiger partial charge is 0.265 e. The van der Waals surface area contributed by atoms with E-state index in [0.717, 1.165) is 16.7 Å². The highest BCUT2D eigenvalue weighted by Crippen LogP contribution is 2.35. The molecule has 0 aliphatic carbocycles. The van der Waals surface area contributed by atoms with Crippen molar-refractivity contribution >= 4 is 38.9 Å². The predicted molar refractivity (Wildman–Crippen MR) is 120 cm³/mol. The fraction of sp³-hybridized carbons (Fsp3) is 0.174. The number of sulfonamides is 1. The molecule has 0 saturated carbocycles. The second kappa shape index (κ2) is 7.78. The fourth-order valence-electron chi connectivity index (χ4n) is 3.58. The molecular formula is C23H21ClN2O3S. The third-order valence-corrected chi connectivity index (χ3v) is 7.54. The summed E-state index contributed by atoms with van der Waals surface area (Å²) in [5.74, 6) is -0.390. The van der Waals surface area contributed by atoms with Crippen LogP contribution in [0, 0.1) is 13.8 Å². The molecule has 3 aromatic carbocycles. The Balaban J connectivity index is 1.68. The number of halogens is 1. The van der Waals surface area contributed by atoms with Crippen LogP contribution in [0.1, 0.15) is 27.0 Å². The summed E-state index contributed by atoms with van der Waals surface area (Å²) in [6.45, 7) is 4.19. The van der Waals surface area contributed by atoms with Crippen molar-refractivity contribution in [2.24, 2.45) is 0 Å². The van der Waals surface area contributed by atoms with Crippen LogP contribution in [0.5, 0.6) is 0 Å². The molecule has 0 spiro atoms. The highest BCUT2D eigenvalue weighted by atomic mass is 35.5. The molecular weight excluding hydrogens is 420 g/mol. The molecule has 0 saturated heterocycles. The van der Waals surface area contributed by atoms with Gasteiger partial charge in [0.05, 0.1) is 10.7 Å². The summed E-state index contributed by atoms with van der Waals surface area (Å²) in [5, 5.41) is 2.95. The molecule has 30 heavy (non-hydrogen) atoms. The SMILES string of the molecule is Cc1ccc(C)c(NC(=O)c2ccc(Cl)c(S(=O)(=O)N3CCc4ccccc43)c2)c1. The van der Waals surface area contributed by atoms with E-state index in [2.05, 4.69) is 5.32 Å². The van der Waals surface area contributed by atoms with E-state index in [1.807, 2.05) is 50.2 Å². The first-order valence-electron chi connectivity index (χ1n) is 9.56. The van der Waals surface area contributed by atoms with Crippen LogP contribution in [0.4, 0.5) is 11.4 Å². The Kier molecular flexibility index (Phi) is 5.30. The molecule has 154 valence electrons. The number of hydrogen-bond acceptors (Lipinski definition) is 3. The summed E-state index contributed by atoms with van der Waals surface area (Å²) in [6, 6.07) is 17.5. The summed E-state index contributed by atoms with van der Waals surface area (Å²) in [5.41, 5.74) is 4.48. The van der Waals surface area contributed by atoms with Gasteiger partial charge in [-0.25, -0.2) is 8.42 Å². The van der Waals surface area contributed by atoms with Gasteiger partial charge in [-0.05, 0) is 67.3 Å². The molecule has 7 heteroatoms. The molecule has 0 unspecified atom stereocenters. The van der Waals surface area contributed by atoms with Crippen LogP contribution >= 0.6 is 11.6 Å². The molecule has 0 atom stereocenters. The van der Waals surface area contributed by atoms with Gasteiger partial charge < -0.3 is 5.32 Å². The first kappa shape index (κ1) is 20.4. The lowest BCUT2D eigenvalue weighted by Crippen LogP contribution is -2.29. The summed E-state index contributed by atoms with van der Waals surface area (Å²) in [7, 11) is -3.91. The van der Waals surface area contributed by atoms with Crippen LogP contribution in [-0.4, -0.2) is 20.9 Å². The zero-order valence-corrected chi connectivity index (χ0v) is 18.2. The van der Waals surface area contributed by atoms with E-state index >= 15 is 0 Å². The van der Waals surface area contributed by atoms with Gasteiger partial charge in [0, 0.05) is 17.8 Å². The fourth-order valence-corrected chi connectivity index (χ4v) is 5.59. The molecule has 0 bridgehead atoms. The Hall–Kier alpha value is -2.83. The van der Waals surface area contributed by atoms with E-state index in [1.165, 1.54) is 22.5 Å². The molecule has 4 rings (SSSR count). The van der Waals surface area contributed by atoms with E-state index < -0.39 is 15.9 Å². The number of nitrogens with one attached hydrogen (secondary N) is 1. The Morgan fingerprint density at radius 1 is 1.03 bits per heavy atom. The van der Waals surface area contributed by atoms with Gasteiger partial charge in [-0.2, -0.15) is 0 Å². The second-order valence-electron chi connectivity index (χ2n) is 7.37. The number of carbonyl (C=O) groups is 1. The normalized spacial score (nSPS) is 13.2. The monoisotopic (exact) mass is 440 g/mol. The molecule has 0 aromatic heterocycles. The Morgan fingerprint density at radius 2 is 1.80 bits per heavy atom. The van der Waals surface area contributed by atoms with Crippen LogP contribution in [0.3, 0.4) is 0 Å². The van der Waals surface area contributed by atoms with Crippen LogP contribution in [0.2, 0.25) is 5.02 Å². The molecule has 1 N–H and O–H groups in total.